The monoisotopic (exact) mass is 273 g/mol. The molecule has 0 atom stereocenters. The number of unbranched alkanes of at least 4 members (excludes halogenated alkanes) is 4. The molecule has 0 saturated carbocycles. The third kappa shape index (κ3) is 10.3. The summed E-state index contributed by atoms with van der Waals surface area (Å²) in [6, 6.07) is 0. The van der Waals surface area contributed by atoms with Crippen LogP contribution >= 0.6 is 15.9 Å². The van der Waals surface area contributed by atoms with Gasteiger partial charge in [-0.15, -0.1) is 0 Å². The van der Waals surface area contributed by atoms with Crippen molar-refractivity contribution in [2.24, 2.45) is 0 Å². The predicted molar refractivity (Wildman–Crippen MR) is 72.2 cm³/mol. The zero-order chi connectivity index (χ0) is 11.6. The molecule has 88 valence electrons. The van der Waals surface area contributed by atoms with E-state index in [9.17, 15) is 0 Å². The molecule has 0 aliphatic carbocycles. The SMILES string of the molecule is CCCCCCCC(C)(C)NCC#CBr. The zero-order valence-corrected chi connectivity index (χ0v) is 11.9. The standard InChI is InChI=1S/C13H24BrN/c1-4-5-6-7-8-10-13(2,3)15-12-9-11-14/h15H,4-8,10,12H2,1-3H3. The summed E-state index contributed by atoms with van der Waals surface area (Å²) in [5.74, 6) is 2.97. The molecule has 2 heteroatoms. The Morgan fingerprint density at radius 3 is 2.40 bits per heavy atom. The molecule has 0 heterocycles. The first-order valence-corrected chi connectivity index (χ1v) is 6.75. The van der Waals surface area contributed by atoms with Gasteiger partial charge in [-0.25, -0.2) is 0 Å². The fourth-order valence-corrected chi connectivity index (χ4v) is 1.72. The van der Waals surface area contributed by atoms with Crippen LogP contribution in [0.4, 0.5) is 0 Å². The normalized spacial score (nSPS) is 10.9. The molecule has 0 aromatic carbocycles. The molecular weight excluding hydrogens is 250 g/mol. The van der Waals surface area contributed by atoms with Gasteiger partial charge in [0.1, 0.15) is 0 Å². The minimum absolute atomic E-state index is 0.225. The average Bonchev–Trinajstić information content (AvgIpc) is 2.17. The highest BCUT2D eigenvalue weighted by molar-refractivity contribution is 9.12. The summed E-state index contributed by atoms with van der Waals surface area (Å²) in [6.45, 7) is 7.53. The molecule has 0 bridgehead atoms. The third-order valence-corrected chi connectivity index (χ3v) is 2.91. The van der Waals surface area contributed by atoms with Gasteiger partial charge in [0.05, 0.1) is 6.54 Å². The molecule has 0 saturated heterocycles. The van der Waals surface area contributed by atoms with E-state index in [1.54, 1.807) is 0 Å². The van der Waals surface area contributed by atoms with Gasteiger partial charge >= 0.3 is 0 Å². The van der Waals surface area contributed by atoms with E-state index in [0.29, 0.717) is 0 Å². The van der Waals surface area contributed by atoms with Crippen molar-refractivity contribution in [3.8, 4) is 10.8 Å². The lowest BCUT2D eigenvalue weighted by atomic mass is 9.96. The van der Waals surface area contributed by atoms with Crippen LogP contribution in [0.5, 0.6) is 0 Å². The second kappa shape index (κ2) is 9.24. The maximum Gasteiger partial charge on any atom is 0.0589 e. The van der Waals surface area contributed by atoms with Crippen molar-refractivity contribution in [3.63, 3.8) is 0 Å². The zero-order valence-electron chi connectivity index (χ0n) is 10.3. The lowest BCUT2D eigenvalue weighted by molar-refractivity contribution is 0.363. The van der Waals surface area contributed by atoms with Gasteiger partial charge in [0.25, 0.3) is 0 Å². The van der Waals surface area contributed by atoms with E-state index in [4.69, 9.17) is 0 Å². The van der Waals surface area contributed by atoms with Crippen molar-refractivity contribution in [1.29, 1.82) is 0 Å². The fraction of sp³-hybridized carbons (Fsp3) is 0.846. The van der Waals surface area contributed by atoms with Crippen LogP contribution in [-0.4, -0.2) is 12.1 Å². The van der Waals surface area contributed by atoms with Crippen LogP contribution in [0.1, 0.15) is 59.3 Å². The number of hydrogen-bond acceptors (Lipinski definition) is 1. The summed E-state index contributed by atoms with van der Waals surface area (Å²) in [5, 5.41) is 3.45. The Balaban J connectivity index is 3.49. The van der Waals surface area contributed by atoms with Crippen LogP contribution in [0, 0.1) is 10.8 Å². The molecule has 1 nitrogen and oxygen atoms in total. The second-order valence-electron chi connectivity index (χ2n) is 4.67. The van der Waals surface area contributed by atoms with Crippen molar-refractivity contribution in [2.45, 2.75) is 64.8 Å². The maximum absolute atomic E-state index is 3.45. The highest BCUT2D eigenvalue weighted by Gasteiger charge is 2.14. The molecule has 0 spiro atoms. The highest BCUT2D eigenvalue weighted by atomic mass is 79.9. The van der Waals surface area contributed by atoms with E-state index in [0.717, 1.165) is 6.54 Å². The molecule has 15 heavy (non-hydrogen) atoms. The van der Waals surface area contributed by atoms with Crippen LogP contribution in [0.2, 0.25) is 0 Å². The van der Waals surface area contributed by atoms with E-state index >= 15 is 0 Å². The van der Waals surface area contributed by atoms with Crippen LogP contribution in [0.3, 0.4) is 0 Å². The maximum atomic E-state index is 3.45. The van der Waals surface area contributed by atoms with Gasteiger partial charge < -0.3 is 5.32 Å². The Hall–Kier alpha value is 0. The average molecular weight is 274 g/mol. The number of nitrogens with one attached hydrogen (secondary N) is 1. The Labute approximate surface area is 104 Å². The van der Waals surface area contributed by atoms with Crippen LogP contribution in [0.15, 0.2) is 0 Å². The lowest BCUT2D eigenvalue weighted by Gasteiger charge is -2.25. The molecule has 0 fully saturated rings. The first-order valence-electron chi connectivity index (χ1n) is 5.96. The summed E-state index contributed by atoms with van der Waals surface area (Å²) in [4.78, 5) is 2.72. The Bertz CT molecular complexity index is 200. The largest absolute Gasteiger partial charge is 0.301 e. The van der Waals surface area contributed by atoms with Crippen LogP contribution in [0.25, 0.3) is 0 Å². The van der Waals surface area contributed by atoms with Crippen LogP contribution in [-0.2, 0) is 0 Å². The van der Waals surface area contributed by atoms with Crippen molar-refractivity contribution in [2.75, 3.05) is 6.54 Å². The predicted octanol–water partition coefficient (Wildman–Crippen LogP) is 4.07. The summed E-state index contributed by atoms with van der Waals surface area (Å²) >= 11 is 3.10. The molecule has 0 rings (SSSR count). The molecule has 0 unspecified atom stereocenters. The van der Waals surface area contributed by atoms with E-state index in [2.05, 4.69) is 52.8 Å². The van der Waals surface area contributed by atoms with Crippen molar-refractivity contribution in [1.82, 2.24) is 5.32 Å². The smallest absolute Gasteiger partial charge is 0.0589 e. The molecule has 0 aromatic heterocycles. The number of hydrogen-bond donors (Lipinski definition) is 1. The second-order valence-corrected chi connectivity index (χ2v) is 5.07. The van der Waals surface area contributed by atoms with Gasteiger partial charge in [0, 0.05) is 21.5 Å². The quantitative estimate of drug-likeness (QED) is 0.519. The fourth-order valence-electron chi connectivity index (χ4n) is 1.58. The van der Waals surface area contributed by atoms with E-state index in [1.165, 1.54) is 38.5 Å². The van der Waals surface area contributed by atoms with Gasteiger partial charge in [-0.2, -0.15) is 0 Å². The number of halogens is 1. The molecule has 0 amide bonds. The number of rotatable bonds is 8. The topological polar surface area (TPSA) is 12.0 Å². The van der Waals surface area contributed by atoms with Crippen molar-refractivity contribution < 1.29 is 0 Å². The highest BCUT2D eigenvalue weighted by Crippen LogP contribution is 2.14. The van der Waals surface area contributed by atoms with Crippen LogP contribution < -0.4 is 5.32 Å². The molecule has 0 radical (unpaired) electrons. The first-order chi connectivity index (χ1) is 7.12. The van der Waals surface area contributed by atoms with Gasteiger partial charge in [-0.05, 0) is 25.1 Å². The van der Waals surface area contributed by atoms with Crippen molar-refractivity contribution in [3.05, 3.63) is 0 Å². The lowest BCUT2D eigenvalue weighted by Crippen LogP contribution is -2.39. The van der Waals surface area contributed by atoms with Gasteiger partial charge in [-0.3, -0.25) is 0 Å². The molecular formula is C13H24BrN. The Morgan fingerprint density at radius 1 is 1.13 bits per heavy atom. The molecule has 0 aromatic rings. The van der Waals surface area contributed by atoms with E-state index < -0.39 is 0 Å². The summed E-state index contributed by atoms with van der Waals surface area (Å²) in [6.07, 6.45) is 8.00. The molecule has 0 aliphatic heterocycles. The third-order valence-electron chi connectivity index (χ3n) is 2.63. The minimum atomic E-state index is 0.225. The first kappa shape index (κ1) is 15.0. The van der Waals surface area contributed by atoms with Crippen molar-refractivity contribution >= 4 is 15.9 Å². The Morgan fingerprint density at radius 2 is 1.80 bits per heavy atom. The summed E-state index contributed by atoms with van der Waals surface area (Å²) < 4.78 is 0. The Kier molecular flexibility index (Phi) is 9.24. The molecule has 1 N–H and O–H groups in total. The van der Waals surface area contributed by atoms with Gasteiger partial charge in [0.2, 0.25) is 0 Å². The van der Waals surface area contributed by atoms with E-state index in [1.807, 2.05) is 0 Å². The summed E-state index contributed by atoms with van der Waals surface area (Å²) in [7, 11) is 0. The summed E-state index contributed by atoms with van der Waals surface area (Å²) in [5.41, 5.74) is 0.225. The van der Waals surface area contributed by atoms with E-state index in [-0.39, 0.29) is 5.54 Å². The molecule has 0 aliphatic rings. The van der Waals surface area contributed by atoms with Gasteiger partial charge in [0.15, 0.2) is 0 Å². The van der Waals surface area contributed by atoms with Gasteiger partial charge in [-0.1, -0.05) is 44.9 Å². The minimum Gasteiger partial charge on any atom is -0.301 e.